The zero-order valence-corrected chi connectivity index (χ0v) is 5.52. The van der Waals surface area contributed by atoms with E-state index in [-0.39, 0.29) is 5.88 Å². The molecule has 0 amide bonds. The van der Waals surface area contributed by atoms with Crippen LogP contribution in [0.4, 0.5) is 0 Å². The summed E-state index contributed by atoms with van der Waals surface area (Å²) in [6.45, 7) is 5.99. The third kappa shape index (κ3) is 3.60. The van der Waals surface area contributed by atoms with Gasteiger partial charge in [-0.05, 0) is 6.58 Å². The van der Waals surface area contributed by atoms with Crippen LogP contribution in [0, 0.1) is 0 Å². The van der Waals surface area contributed by atoms with Gasteiger partial charge in [0.2, 0.25) is 0 Å². The highest BCUT2D eigenvalue weighted by molar-refractivity contribution is 7.89. The van der Waals surface area contributed by atoms with Gasteiger partial charge in [0, 0.05) is 0 Å². The Morgan fingerprint density at radius 2 is 2.11 bits per heavy atom. The molecule has 52 valence electrons. The van der Waals surface area contributed by atoms with Crippen molar-refractivity contribution in [2.24, 2.45) is 5.73 Å². The van der Waals surface area contributed by atoms with Crippen LogP contribution in [0.5, 0.6) is 0 Å². The van der Waals surface area contributed by atoms with Crippen LogP contribution in [0.15, 0.2) is 24.4 Å². The van der Waals surface area contributed by atoms with E-state index < -0.39 is 10.1 Å². The van der Waals surface area contributed by atoms with Crippen molar-refractivity contribution in [2.45, 2.75) is 0 Å². The Bertz CT molecular complexity index is 216. The van der Waals surface area contributed by atoms with E-state index in [4.69, 9.17) is 5.73 Å². The summed E-state index contributed by atoms with van der Waals surface area (Å²) in [7, 11) is -3.68. The Morgan fingerprint density at radius 1 is 1.67 bits per heavy atom. The Kier molecular flexibility index (Phi) is 2.27. The lowest BCUT2D eigenvalue weighted by Gasteiger charge is -1.97. The second kappa shape index (κ2) is 2.54. The summed E-state index contributed by atoms with van der Waals surface area (Å²) >= 11 is 0. The molecule has 9 heavy (non-hydrogen) atoms. The smallest absolute Gasteiger partial charge is 0.333 e. The van der Waals surface area contributed by atoms with Crippen molar-refractivity contribution in [2.75, 3.05) is 0 Å². The van der Waals surface area contributed by atoms with E-state index in [0.717, 1.165) is 0 Å². The lowest BCUT2D eigenvalue weighted by atomic mass is 11.0. The topological polar surface area (TPSA) is 69.4 Å². The molecule has 0 spiro atoms. The van der Waals surface area contributed by atoms with E-state index >= 15 is 0 Å². The third-order valence-corrected chi connectivity index (χ3v) is 1.28. The van der Waals surface area contributed by atoms with Crippen LogP contribution < -0.4 is 5.73 Å². The molecule has 0 heterocycles. The van der Waals surface area contributed by atoms with Crippen LogP contribution in [0.25, 0.3) is 0 Å². The maximum absolute atomic E-state index is 10.3. The highest BCUT2D eigenvalue weighted by Gasteiger charge is 2.03. The van der Waals surface area contributed by atoms with Gasteiger partial charge in [-0.2, -0.15) is 8.42 Å². The zero-order valence-electron chi connectivity index (χ0n) is 4.70. The van der Waals surface area contributed by atoms with Crippen molar-refractivity contribution in [3.8, 4) is 0 Å². The molecular weight excluding hydrogens is 142 g/mol. The highest BCUT2D eigenvalue weighted by atomic mass is 32.2. The molecule has 0 unspecified atom stereocenters. The molecular formula is C4H7NO3S. The van der Waals surface area contributed by atoms with Crippen molar-refractivity contribution < 1.29 is 12.6 Å². The van der Waals surface area contributed by atoms with Crippen LogP contribution in [-0.4, -0.2) is 8.42 Å². The standard InChI is InChI=1S/C4H7NO3S/c1-3-9(6,7)8-4(2)5/h3H,1-2,5H2. The number of rotatable bonds is 3. The number of hydrogen-bond acceptors (Lipinski definition) is 4. The largest absolute Gasteiger partial charge is 0.369 e. The Hall–Kier alpha value is -0.970. The predicted molar refractivity (Wildman–Crippen MR) is 33.5 cm³/mol. The van der Waals surface area contributed by atoms with Crippen LogP contribution in [-0.2, 0) is 14.3 Å². The molecule has 0 aliphatic heterocycles. The van der Waals surface area contributed by atoms with Gasteiger partial charge in [-0.3, -0.25) is 0 Å². The van der Waals surface area contributed by atoms with E-state index in [1.165, 1.54) is 0 Å². The first kappa shape index (κ1) is 8.03. The molecule has 0 aromatic rings. The Labute approximate surface area is 53.7 Å². The predicted octanol–water partition coefficient (Wildman–Crippen LogP) is -0.0938. The molecule has 0 saturated heterocycles. The van der Waals surface area contributed by atoms with Crippen molar-refractivity contribution in [1.82, 2.24) is 0 Å². The van der Waals surface area contributed by atoms with Gasteiger partial charge >= 0.3 is 10.1 Å². The molecule has 0 fully saturated rings. The van der Waals surface area contributed by atoms with Gasteiger partial charge in [0.25, 0.3) is 0 Å². The quantitative estimate of drug-likeness (QED) is 0.449. The minimum absolute atomic E-state index is 0.366. The fraction of sp³-hybridized carbons (Fsp3) is 0. The van der Waals surface area contributed by atoms with Gasteiger partial charge in [0.05, 0.1) is 5.41 Å². The molecule has 0 aromatic heterocycles. The molecule has 0 radical (unpaired) electrons. The minimum atomic E-state index is -3.68. The normalized spacial score (nSPS) is 10.2. The second-order valence-electron chi connectivity index (χ2n) is 1.21. The summed E-state index contributed by atoms with van der Waals surface area (Å²) in [4.78, 5) is 0. The molecule has 4 nitrogen and oxygen atoms in total. The maximum Gasteiger partial charge on any atom is 0.333 e. The number of hydrogen-bond donors (Lipinski definition) is 1. The zero-order chi connectivity index (χ0) is 7.49. The molecule has 0 aromatic carbocycles. The van der Waals surface area contributed by atoms with E-state index in [9.17, 15) is 8.42 Å². The molecule has 0 atom stereocenters. The van der Waals surface area contributed by atoms with Gasteiger partial charge < -0.3 is 9.92 Å². The molecule has 0 saturated carbocycles. The summed E-state index contributed by atoms with van der Waals surface area (Å²) in [6, 6.07) is 0. The summed E-state index contributed by atoms with van der Waals surface area (Å²) in [5.74, 6) is -0.366. The summed E-state index contributed by atoms with van der Waals surface area (Å²) in [5, 5.41) is 0.644. The summed E-state index contributed by atoms with van der Waals surface area (Å²) in [5.41, 5.74) is 4.81. The molecule has 0 aliphatic rings. The van der Waals surface area contributed by atoms with E-state index in [2.05, 4.69) is 17.3 Å². The molecule has 5 heteroatoms. The van der Waals surface area contributed by atoms with E-state index in [1.807, 2.05) is 0 Å². The lowest BCUT2D eigenvalue weighted by Crippen LogP contribution is -2.06. The first-order valence-electron chi connectivity index (χ1n) is 1.99. The summed E-state index contributed by atoms with van der Waals surface area (Å²) in [6.07, 6.45) is 0. The monoisotopic (exact) mass is 149 g/mol. The Morgan fingerprint density at radius 3 is 2.22 bits per heavy atom. The fourth-order valence-electron chi connectivity index (χ4n) is 0.183. The van der Waals surface area contributed by atoms with E-state index in [0.29, 0.717) is 5.41 Å². The van der Waals surface area contributed by atoms with Gasteiger partial charge in [0.15, 0.2) is 5.88 Å². The van der Waals surface area contributed by atoms with Crippen LogP contribution in [0.1, 0.15) is 0 Å². The SMILES string of the molecule is C=CS(=O)(=O)OC(=C)N. The Balaban J connectivity index is 4.23. The second-order valence-corrected chi connectivity index (χ2v) is 2.69. The van der Waals surface area contributed by atoms with E-state index in [1.54, 1.807) is 0 Å². The van der Waals surface area contributed by atoms with Crippen LogP contribution in [0.2, 0.25) is 0 Å². The van der Waals surface area contributed by atoms with Gasteiger partial charge in [-0.1, -0.05) is 6.58 Å². The third-order valence-electron chi connectivity index (χ3n) is 0.427. The average Bonchev–Trinajstić information content (AvgIpc) is 1.63. The maximum atomic E-state index is 10.3. The molecule has 0 aliphatic carbocycles. The van der Waals surface area contributed by atoms with Crippen molar-refractivity contribution in [3.63, 3.8) is 0 Å². The van der Waals surface area contributed by atoms with Crippen molar-refractivity contribution in [1.29, 1.82) is 0 Å². The number of nitrogens with two attached hydrogens (primary N) is 1. The average molecular weight is 149 g/mol. The minimum Gasteiger partial charge on any atom is -0.369 e. The van der Waals surface area contributed by atoms with Crippen molar-refractivity contribution in [3.05, 3.63) is 24.4 Å². The summed E-state index contributed by atoms with van der Waals surface area (Å²) < 4.78 is 24.7. The lowest BCUT2D eigenvalue weighted by molar-refractivity contribution is 0.413. The molecule has 0 bridgehead atoms. The van der Waals surface area contributed by atoms with Gasteiger partial charge in [0.1, 0.15) is 0 Å². The van der Waals surface area contributed by atoms with Crippen molar-refractivity contribution >= 4 is 10.1 Å². The molecule has 2 N–H and O–H groups in total. The van der Waals surface area contributed by atoms with Crippen LogP contribution in [0.3, 0.4) is 0 Å². The first-order valence-corrected chi connectivity index (χ1v) is 3.46. The highest BCUT2D eigenvalue weighted by Crippen LogP contribution is 1.95. The fourth-order valence-corrected chi connectivity index (χ4v) is 0.550. The van der Waals surface area contributed by atoms with Crippen LogP contribution >= 0.6 is 0 Å². The van der Waals surface area contributed by atoms with Gasteiger partial charge in [-0.15, -0.1) is 0 Å². The first-order chi connectivity index (χ1) is 3.98. The van der Waals surface area contributed by atoms with Gasteiger partial charge in [-0.25, -0.2) is 0 Å². The molecule has 0 rings (SSSR count).